The highest BCUT2D eigenvalue weighted by atomic mass is 16.5. The van der Waals surface area contributed by atoms with Gasteiger partial charge in [0, 0.05) is 7.11 Å². The van der Waals surface area contributed by atoms with Crippen molar-refractivity contribution in [1.82, 2.24) is 4.98 Å². The third-order valence-corrected chi connectivity index (χ3v) is 1.15. The predicted octanol–water partition coefficient (Wildman–Crippen LogP) is 0.313. The third-order valence-electron chi connectivity index (χ3n) is 1.15. The van der Waals surface area contributed by atoms with Gasteiger partial charge in [0.15, 0.2) is 12.2 Å². The van der Waals surface area contributed by atoms with Crippen molar-refractivity contribution in [3.05, 3.63) is 17.8 Å². The number of methoxy groups -OCH3 is 1. The van der Waals surface area contributed by atoms with Gasteiger partial charge < -0.3 is 14.3 Å². The highest BCUT2D eigenvalue weighted by Crippen LogP contribution is 2.06. The van der Waals surface area contributed by atoms with Crippen LogP contribution >= 0.6 is 0 Å². The van der Waals surface area contributed by atoms with E-state index in [1.165, 1.54) is 6.39 Å². The second kappa shape index (κ2) is 3.34. The van der Waals surface area contributed by atoms with Crippen molar-refractivity contribution in [1.29, 1.82) is 0 Å². The summed E-state index contributed by atoms with van der Waals surface area (Å²) in [6.45, 7) is 0.255. The monoisotopic (exact) mass is 143 g/mol. The van der Waals surface area contributed by atoms with Crippen LogP contribution in [0.5, 0.6) is 0 Å². The first-order valence-corrected chi connectivity index (χ1v) is 2.89. The first-order chi connectivity index (χ1) is 4.88. The lowest BCUT2D eigenvalue weighted by Crippen LogP contribution is -1.92. The largest absolute Gasteiger partial charge is 0.446 e. The molecule has 4 nitrogen and oxygen atoms in total. The van der Waals surface area contributed by atoms with Crippen LogP contribution in [0, 0.1) is 0 Å². The first kappa shape index (κ1) is 7.24. The molecule has 0 spiro atoms. The molecule has 0 atom stereocenters. The van der Waals surface area contributed by atoms with Gasteiger partial charge in [0.2, 0.25) is 0 Å². The van der Waals surface area contributed by atoms with Crippen molar-refractivity contribution in [2.75, 3.05) is 7.11 Å². The third kappa shape index (κ3) is 1.34. The van der Waals surface area contributed by atoms with Gasteiger partial charge in [0.1, 0.15) is 12.3 Å². The van der Waals surface area contributed by atoms with Crippen molar-refractivity contribution in [2.45, 2.75) is 13.2 Å². The highest BCUT2D eigenvalue weighted by molar-refractivity contribution is 5.03. The van der Waals surface area contributed by atoms with Gasteiger partial charge >= 0.3 is 0 Å². The topological polar surface area (TPSA) is 55.5 Å². The summed E-state index contributed by atoms with van der Waals surface area (Å²) in [4.78, 5) is 3.76. The molecular formula is C6H9NO3. The van der Waals surface area contributed by atoms with E-state index in [2.05, 4.69) is 4.98 Å². The Morgan fingerprint density at radius 1 is 1.80 bits per heavy atom. The first-order valence-electron chi connectivity index (χ1n) is 2.89. The van der Waals surface area contributed by atoms with Crippen LogP contribution in [0.3, 0.4) is 0 Å². The van der Waals surface area contributed by atoms with Gasteiger partial charge in [0.05, 0.1) is 6.61 Å². The van der Waals surface area contributed by atoms with E-state index in [-0.39, 0.29) is 6.61 Å². The molecule has 0 radical (unpaired) electrons. The number of aliphatic hydroxyl groups is 1. The average molecular weight is 143 g/mol. The molecule has 0 aliphatic heterocycles. The van der Waals surface area contributed by atoms with E-state index in [0.29, 0.717) is 18.1 Å². The number of hydrogen-bond acceptors (Lipinski definition) is 4. The number of ether oxygens (including phenoxy) is 1. The van der Waals surface area contributed by atoms with Crippen LogP contribution in [0.1, 0.15) is 11.5 Å². The van der Waals surface area contributed by atoms with E-state index in [1.54, 1.807) is 7.11 Å². The standard InChI is InChI=1S/C6H9NO3/c1-9-3-6-5(2-8)7-4-10-6/h4,8H,2-3H2,1H3. The second-order valence-corrected chi connectivity index (χ2v) is 1.81. The molecule has 0 aliphatic rings. The van der Waals surface area contributed by atoms with Crippen molar-refractivity contribution >= 4 is 0 Å². The molecule has 0 aromatic carbocycles. The van der Waals surface area contributed by atoms with E-state index in [1.807, 2.05) is 0 Å². The molecule has 1 aromatic heterocycles. The molecule has 1 heterocycles. The van der Waals surface area contributed by atoms with Crippen LogP contribution in [-0.4, -0.2) is 17.2 Å². The maximum absolute atomic E-state index is 8.66. The van der Waals surface area contributed by atoms with Crippen LogP contribution in [0.2, 0.25) is 0 Å². The zero-order valence-electron chi connectivity index (χ0n) is 5.70. The quantitative estimate of drug-likeness (QED) is 0.661. The SMILES string of the molecule is COCc1ocnc1CO. The zero-order chi connectivity index (χ0) is 7.40. The van der Waals surface area contributed by atoms with Gasteiger partial charge in [-0.2, -0.15) is 0 Å². The average Bonchev–Trinajstić information content (AvgIpc) is 2.36. The van der Waals surface area contributed by atoms with Crippen LogP contribution in [0.4, 0.5) is 0 Å². The molecule has 56 valence electrons. The fourth-order valence-corrected chi connectivity index (χ4v) is 0.671. The predicted molar refractivity (Wildman–Crippen MR) is 33.1 cm³/mol. The maximum Gasteiger partial charge on any atom is 0.181 e. The second-order valence-electron chi connectivity index (χ2n) is 1.81. The van der Waals surface area contributed by atoms with E-state index in [9.17, 15) is 0 Å². The van der Waals surface area contributed by atoms with Crippen LogP contribution < -0.4 is 0 Å². The molecule has 4 heteroatoms. The van der Waals surface area contributed by atoms with E-state index < -0.39 is 0 Å². The van der Waals surface area contributed by atoms with Crippen LogP contribution in [0.25, 0.3) is 0 Å². The maximum atomic E-state index is 8.66. The summed E-state index contributed by atoms with van der Waals surface area (Å²) in [5, 5.41) is 8.66. The highest BCUT2D eigenvalue weighted by Gasteiger charge is 2.04. The molecule has 0 saturated carbocycles. The number of nitrogens with zero attached hydrogens (tertiary/aromatic N) is 1. The molecule has 0 fully saturated rings. The van der Waals surface area contributed by atoms with Crippen LogP contribution in [0.15, 0.2) is 10.8 Å². The molecule has 0 aliphatic carbocycles. The van der Waals surface area contributed by atoms with Gasteiger partial charge in [-0.3, -0.25) is 0 Å². The Kier molecular flexibility index (Phi) is 2.42. The molecule has 1 rings (SSSR count). The number of hydrogen-bond donors (Lipinski definition) is 1. The van der Waals surface area contributed by atoms with E-state index >= 15 is 0 Å². The fourth-order valence-electron chi connectivity index (χ4n) is 0.671. The summed E-state index contributed by atoms with van der Waals surface area (Å²) < 4.78 is 9.68. The van der Waals surface area contributed by atoms with Crippen molar-refractivity contribution in [2.24, 2.45) is 0 Å². The summed E-state index contributed by atoms with van der Waals surface area (Å²) in [6, 6.07) is 0. The fraction of sp³-hybridized carbons (Fsp3) is 0.500. The van der Waals surface area contributed by atoms with E-state index in [0.717, 1.165) is 0 Å². The lowest BCUT2D eigenvalue weighted by Gasteiger charge is -1.93. The minimum atomic E-state index is -0.102. The normalized spacial score (nSPS) is 10.2. The Labute approximate surface area is 58.4 Å². The molecule has 0 bridgehead atoms. The summed E-state index contributed by atoms with van der Waals surface area (Å²) in [7, 11) is 1.56. The van der Waals surface area contributed by atoms with Gasteiger partial charge in [-0.1, -0.05) is 0 Å². The Balaban J connectivity index is 2.70. The Hall–Kier alpha value is -0.870. The van der Waals surface area contributed by atoms with Crippen molar-refractivity contribution in [3.63, 3.8) is 0 Å². The Bertz CT molecular complexity index is 197. The van der Waals surface area contributed by atoms with Gasteiger partial charge in [-0.25, -0.2) is 4.98 Å². The summed E-state index contributed by atoms with van der Waals surface area (Å²) >= 11 is 0. The van der Waals surface area contributed by atoms with Gasteiger partial charge in [0.25, 0.3) is 0 Å². The number of aromatic nitrogens is 1. The summed E-state index contributed by atoms with van der Waals surface area (Å²) in [6.07, 6.45) is 1.29. The molecular weight excluding hydrogens is 134 g/mol. The Morgan fingerprint density at radius 2 is 2.60 bits per heavy atom. The molecule has 1 aromatic rings. The van der Waals surface area contributed by atoms with Gasteiger partial charge in [-0.15, -0.1) is 0 Å². The van der Waals surface area contributed by atoms with Crippen molar-refractivity contribution in [3.8, 4) is 0 Å². The summed E-state index contributed by atoms with van der Waals surface area (Å²) in [5.41, 5.74) is 0.543. The lowest BCUT2D eigenvalue weighted by atomic mass is 10.4. The molecule has 10 heavy (non-hydrogen) atoms. The number of aliphatic hydroxyl groups excluding tert-OH is 1. The van der Waals surface area contributed by atoms with Crippen LogP contribution in [-0.2, 0) is 18.0 Å². The van der Waals surface area contributed by atoms with Gasteiger partial charge in [-0.05, 0) is 0 Å². The zero-order valence-corrected chi connectivity index (χ0v) is 5.70. The Morgan fingerprint density at radius 3 is 3.20 bits per heavy atom. The molecule has 1 N–H and O–H groups in total. The summed E-state index contributed by atoms with van der Waals surface area (Å²) in [5.74, 6) is 0.588. The lowest BCUT2D eigenvalue weighted by molar-refractivity contribution is 0.160. The molecule has 0 unspecified atom stereocenters. The minimum absolute atomic E-state index is 0.102. The number of rotatable bonds is 3. The molecule has 0 amide bonds. The number of oxazole rings is 1. The minimum Gasteiger partial charge on any atom is -0.446 e. The van der Waals surface area contributed by atoms with E-state index in [4.69, 9.17) is 14.3 Å². The smallest absolute Gasteiger partial charge is 0.181 e. The molecule has 0 saturated heterocycles. The van der Waals surface area contributed by atoms with Crippen molar-refractivity contribution < 1.29 is 14.3 Å².